The molecule has 5 heteroatoms. The maximum absolute atomic E-state index is 3.44. The largest absolute Gasteiger partial charge is 1.00 e. The molecule has 2 rings (SSSR count). The molecule has 1 aliphatic heterocycles. The highest BCUT2D eigenvalue weighted by molar-refractivity contribution is 5.85. The number of quaternary nitrogens is 1. The molecule has 1 N–H and O–H groups in total. The molecule has 1 aromatic rings. The zero-order valence-electron chi connectivity index (χ0n) is 11.1. The van der Waals surface area contributed by atoms with Crippen LogP contribution in [0.1, 0.15) is 0 Å². The quantitative estimate of drug-likeness (QED) is 0.716. The van der Waals surface area contributed by atoms with Gasteiger partial charge in [0.1, 0.15) is 6.54 Å². The molecule has 102 valence electrons. The Morgan fingerprint density at radius 1 is 1.17 bits per heavy atom. The monoisotopic (exact) mass is 333 g/mol. The lowest BCUT2D eigenvalue weighted by Crippen LogP contribution is -3.00. The van der Waals surface area contributed by atoms with Crippen molar-refractivity contribution in [3.05, 3.63) is 42.1 Å². The van der Waals surface area contributed by atoms with Crippen molar-refractivity contribution in [2.75, 3.05) is 39.2 Å². The average Bonchev–Trinajstić information content (AvgIpc) is 2.65. The molecule has 3 nitrogen and oxygen atoms in total. The molecular weight excluding hydrogens is 314 g/mol. The number of hydrogen-bond donors (Lipinski definition) is 1. The van der Waals surface area contributed by atoms with Gasteiger partial charge in [-0.3, -0.25) is 10.4 Å². The maximum Gasteiger partial charge on any atom is 0.120 e. The number of halogens is 2. The predicted molar refractivity (Wildman–Crippen MR) is 75.2 cm³/mol. The summed E-state index contributed by atoms with van der Waals surface area (Å²) in [6.45, 7) is 1.97. The maximum atomic E-state index is 3.44. The Kier molecular flexibility index (Phi) is 6.74. The normalized spacial score (nSPS) is 14.2. The molecule has 0 unspecified atom stereocenters. The van der Waals surface area contributed by atoms with Crippen LogP contribution < -0.4 is 27.4 Å². The highest BCUT2D eigenvalue weighted by Gasteiger charge is 2.18. The summed E-state index contributed by atoms with van der Waals surface area (Å²) in [6.07, 6.45) is 2.26. The van der Waals surface area contributed by atoms with Crippen LogP contribution in [0.5, 0.6) is 0 Å². The summed E-state index contributed by atoms with van der Waals surface area (Å²) in [6, 6.07) is 10.4. The van der Waals surface area contributed by atoms with Gasteiger partial charge in [-0.1, -0.05) is 18.2 Å². The minimum absolute atomic E-state index is 0. The third kappa shape index (κ3) is 4.88. The summed E-state index contributed by atoms with van der Waals surface area (Å²) in [7, 11) is 6.61. The lowest BCUT2D eigenvalue weighted by molar-refractivity contribution is -0.865. The molecule has 0 bridgehead atoms. The van der Waals surface area contributed by atoms with Crippen molar-refractivity contribution in [1.82, 2.24) is 5.43 Å². The summed E-state index contributed by atoms with van der Waals surface area (Å²) in [5.74, 6) is 0. The van der Waals surface area contributed by atoms with Gasteiger partial charge in [0.25, 0.3) is 0 Å². The number of rotatable bonds is 3. The van der Waals surface area contributed by atoms with Gasteiger partial charge in [-0.2, -0.15) is 0 Å². The summed E-state index contributed by atoms with van der Waals surface area (Å²) in [5, 5.41) is 2.17. The molecule has 18 heavy (non-hydrogen) atoms. The fraction of sp³-hybridized carbons (Fsp3) is 0.385. The van der Waals surface area contributed by atoms with Crippen LogP contribution in [0.2, 0.25) is 0 Å². The van der Waals surface area contributed by atoms with Gasteiger partial charge in [0.05, 0.1) is 39.1 Å². The van der Waals surface area contributed by atoms with E-state index in [2.05, 4.69) is 61.9 Å². The lowest BCUT2D eigenvalue weighted by Gasteiger charge is -2.26. The first-order valence-electron chi connectivity index (χ1n) is 5.63. The van der Waals surface area contributed by atoms with E-state index >= 15 is 0 Å². The molecule has 0 aromatic heterocycles. The molecular formula is C13H21BrClN3. The van der Waals surface area contributed by atoms with Crippen LogP contribution in [0.15, 0.2) is 42.1 Å². The summed E-state index contributed by atoms with van der Waals surface area (Å²) in [5.41, 5.74) is 5.96. The van der Waals surface area contributed by atoms with Crippen LogP contribution >= 0.6 is 12.4 Å². The Labute approximate surface area is 126 Å². The van der Waals surface area contributed by atoms with E-state index in [4.69, 9.17) is 0 Å². The van der Waals surface area contributed by atoms with E-state index in [1.807, 2.05) is 6.07 Å². The predicted octanol–water partition coefficient (Wildman–Crippen LogP) is -0.973. The van der Waals surface area contributed by atoms with Crippen molar-refractivity contribution >= 4 is 18.1 Å². The summed E-state index contributed by atoms with van der Waals surface area (Å²) < 4.78 is 0.946. The molecule has 0 saturated heterocycles. The van der Waals surface area contributed by atoms with E-state index in [0.29, 0.717) is 0 Å². The number of nitrogens with one attached hydrogen (secondary N) is 1. The molecule has 0 fully saturated rings. The van der Waals surface area contributed by atoms with Gasteiger partial charge in [-0.25, -0.2) is 0 Å². The number of hydrazine groups is 1. The van der Waals surface area contributed by atoms with Crippen LogP contribution in [0.4, 0.5) is 5.69 Å². The molecule has 0 amide bonds. The van der Waals surface area contributed by atoms with E-state index in [-0.39, 0.29) is 29.4 Å². The molecule has 0 spiro atoms. The first kappa shape index (κ1) is 17.3. The van der Waals surface area contributed by atoms with E-state index in [1.54, 1.807) is 0 Å². The van der Waals surface area contributed by atoms with Gasteiger partial charge in [-0.15, -0.1) is 12.4 Å². The molecule has 0 atom stereocenters. The van der Waals surface area contributed by atoms with Gasteiger partial charge in [-0.05, 0) is 18.2 Å². The fourth-order valence-corrected chi connectivity index (χ4v) is 1.85. The van der Waals surface area contributed by atoms with Crippen LogP contribution in [0.3, 0.4) is 0 Å². The van der Waals surface area contributed by atoms with E-state index < -0.39 is 0 Å². The number of hydrogen-bond acceptors (Lipinski definition) is 2. The van der Waals surface area contributed by atoms with Crippen LogP contribution in [0, 0.1) is 0 Å². The van der Waals surface area contributed by atoms with Gasteiger partial charge >= 0.3 is 0 Å². The Hall–Kier alpha value is -0.710. The van der Waals surface area contributed by atoms with Crippen molar-refractivity contribution in [3.8, 4) is 0 Å². The fourth-order valence-electron chi connectivity index (χ4n) is 1.85. The van der Waals surface area contributed by atoms with Crippen molar-refractivity contribution in [1.29, 1.82) is 0 Å². The summed E-state index contributed by atoms with van der Waals surface area (Å²) >= 11 is 0. The standard InChI is InChI=1S/C13H20N3.BrH.ClH/c1-16(2,3)11-12-9-10-15(14-12)13-7-5-4-6-8-13;;/h4-9,14H,10-11H2,1-3H3;2*1H/q+1;;/p-1. The second-order valence-corrected chi connectivity index (χ2v) is 5.24. The summed E-state index contributed by atoms with van der Waals surface area (Å²) in [4.78, 5) is 0. The first-order chi connectivity index (χ1) is 7.54. The number of likely N-dealkylation sites (N-methyl/N-ethyl adjacent to an activating group) is 1. The van der Waals surface area contributed by atoms with Gasteiger partial charge < -0.3 is 21.5 Å². The van der Waals surface area contributed by atoms with Crippen molar-refractivity contribution in [2.45, 2.75) is 0 Å². The molecule has 1 aliphatic rings. The second kappa shape index (κ2) is 7.02. The minimum Gasteiger partial charge on any atom is -1.00 e. The molecule has 0 aliphatic carbocycles. The topological polar surface area (TPSA) is 15.3 Å². The van der Waals surface area contributed by atoms with Gasteiger partial charge in [0, 0.05) is 0 Å². The van der Waals surface area contributed by atoms with Crippen molar-refractivity contribution in [3.63, 3.8) is 0 Å². The van der Waals surface area contributed by atoms with Gasteiger partial charge in [0.2, 0.25) is 0 Å². The Balaban J connectivity index is 0.00000144. The van der Waals surface area contributed by atoms with Gasteiger partial charge in [0.15, 0.2) is 0 Å². The third-order valence-corrected chi connectivity index (χ3v) is 2.51. The first-order valence-corrected chi connectivity index (χ1v) is 5.63. The average molecular weight is 335 g/mol. The van der Waals surface area contributed by atoms with Crippen molar-refractivity contribution < 1.29 is 21.5 Å². The molecule has 1 heterocycles. The number of nitrogens with zero attached hydrogens (tertiary/aromatic N) is 2. The second-order valence-electron chi connectivity index (χ2n) is 5.24. The van der Waals surface area contributed by atoms with Crippen LogP contribution in [0.25, 0.3) is 0 Å². The third-order valence-electron chi connectivity index (χ3n) is 2.51. The number of anilines is 1. The van der Waals surface area contributed by atoms with E-state index in [0.717, 1.165) is 17.6 Å². The van der Waals surface area contributed by atoms with E-state index in [1.165, 1.54) is 11.4 Å². The molecule has 0 saturated carbocycles. The van der Waals surface area contributed by atoms with Crippen molar-refractivity contribution in [2.24, 2.45) is 0 Å². The highest BCUT2D eigenvalue weighted by atomic mass is 79.9. The molecule has 1 aromatic carbocycles. The SMILES string of the molecule is C[N+](C)(C)CC1=CCN(c2ccccc2)N1.Cl.[Br-]. The Morgan fingerprint density at radius 3 is 2.33 bits per heavy atom. The minimum atomic E-state index is 0. The van der Waals surface area contributed by atoms with Crippen LogP contribution in [-0.2, 0) is 0 Å². The highest BCUT2D eigenvalue weighted by Crippen LogP contribution is 2.16. The zero-order valence-corrected chi connectivity index (χ0v) is 13.5. The smallest absolute Gasteiger partial charge is 0.120 e. The number of benzene rings is 1. The van der Waals surface area contributed by atoms with E-state index in [9.17, 15) is 0 Å². The Morgan fingerprint density at radius 2 is 1.78 bits per heavy atom. The zero-order chi connectivity index (χ0) is 11.6. The Bertz CT molecular complexity index is 387. The molecule has 0 radical (unpaired) electrons. The lowest BCUT2D eigenvalue weighted by atomic mass is 10.3. The number of para-hydroxylation sites is 1. The van der Waals surface area contributed by atoms with Crippen LogP contribution in [-0.4, -0.2) is 38.7 Å².